The van der Waals surface area contributed by atoms with Crippen molar-refractivity contribution in [2.24, 2.45) is 0 Å². The molecule has 3 heteroatoms. The smallest absolute Gasteiger partial charge is 0.143 e. The molecule has 59 heavy (non-hydrogen) atoms. The monoisotopic (exact) mass is 753 g/mol. The molecule has 0 aliphatic heterocycles. The van der Waals surface area contributed by atoms with Gasteiger partial charge in [-0.05, 0) is 116 Å². The topological polar surface area (TPSA) is 29.5 Å². The lowest BCUT2D eigenvalue weighted by Crippen LogP contribution is -2.10. The zero-order valence-electron chi connectivity index (χ0n) is 32.0. The highest BCUT2D eigenvalue weighted by Crippen LogP contribution is 2.45. The second-order valence-electron chi connectivity index (χ2n) is 15.3. The number of rotatable bonds is 6. The minimum atomic E-state index is 0.859. The lowest BCUT2D eigenvalue weighted by atomic mass is 9.95. The van der Waals surface area contributed by atoms with Gasteiger partial charge in [-0.15, -0.1) is 0 Å². The fraction of sp³-hybridized carbons (Fsp3) is 0. The number of hydrogen-bond donors (Lipinski definition) is 0. The Morgan fingerprint density at radius 2 is 0.881 bits per heavy atom. The van der Waals surface area contributed by atoms with Gasteiger partial charge in [0, 0.05) is 32.9 Å². The summed E-state index contributed by atoms with van der Waals surface area (Å²) < 4.78 is 12.8. The minimum Gasteiger partial charge on any atom is -0.456 e. The molecule has 2 aromatic heterocycles. The lowest BCUT2D eigenvalue weighted by molar-refractivity contribution is 0.669. The molecule has 2 heterocycles. The number of anilines is 3. The molecule has 0 radical (unpaired) electrons. The van der Waals surface area contributed by atoms with Crippen molar-refractivity contribution in [3.05, 3.63) is 212 Å². The molecule has 0 unspecified atom stereocenters. The summed E-state index contributed by atoms with van der Waals surface area (Å²) in [7, 11) is 0. The molecule has 0 amide bonds. The molecule has 12 rings (SSSR count). The maximum Gasteiger partial charge on any atom is 0.143 e. The Morgan fingerprint density at radius 3 is 1.68 bits per heavy atom. The SMILES string of the molecule is c1cc(-c2ccc(N(c3ccc(-c4ccc5oc6ccccc6c5c4)cc3)c3cccc4oc5c6ccccc6ccc5c34)cc2)cc(-c2cccc3ccccc23)c1. The predicted molar refractivity (Wildman–Crippen MR) is 247 cm³/mol. The number of furan rings is 2. The van der Waals surface area contributed by atoms with Crippen LogP contribution in [0.1, 0.15) is 0 Å². The zero-order chi connectivity index (χ0) is 38.9. The molecule has 0 N–H and O–H groups in total. The van der Waals surface area contributed by atoms with E-state index in [2.05, 4.69) is 205 Å². The summed E-state index contributed by atoms with van der Waals surface area (Å²) >= 11 is 0. The minimum absolute atomic E-state index is 0.859. The van der Waals surface area contributed by atoms with Gasteiger partial charge in [0.1, 0.15) is 22.3 Å². The normalized spacial score (nSPS) is 11.7. The van der Waals surface area contributed by atoms with Crippen molar-refractivity contribution in [2.45, 2.75) is 0 Å². The Bertz CT molecular complexity index is 3550. The van der Waals surface area contributed by atoms with Crippen LogP contribution in [0, 0.1) is 0 Å². The van der Waals surface area contributed by atoms with E-state index in [0.717, 1.165) is 88.4 Å². The van der Waals surface area contributed by atoms with Crippen molar-refractivity contribution >= 4 is 82.5 Å². The summed E-state index contributed by atoms with van der Waals surface area (Å²) in [6.45, 7) is 0. The molecule has 0 aliphatic rings. The Balaban J connectivity index is 0.983. The number of nitrogens with zero attached hydrogens (tertiary/aromatic N) is 1. The van der Waals surface area contributed by atoms with Gasteiger partial charge in [0.2, 0.25) is 0 Å². The van der Waals surface area contributed by atoms with Crippen molar-refractivity contribution in [1.29, 1.82) is 0 Å². The lowest BCUT2D eigenvalue weighted by Gasteiger charge is -2.26. The molecule has 0 atom stereocenters. The first-order valence-corrected chi connectivity index (χ1v) is 20.1. The number of benzene rings is 10. The van der Waals surface area contributed by atoms with Crippen LogP contribution < -0.4 is 4.90 Å². The largest absolute Gasteiger partial charge is 0.456 e. The Kier molecular flexibility index (Phi) is 7.54. The van der Waals surface area contributed by atoms with E-state index < -0.39 is 0 Å². The van der Waals surface area contributed by atoms with Crippen LogP contribution in [0.25, 0.3) is 98.8 Å². The molecular formula is C56H35NO2. The van der Waals surface area contributed by atoms with E-state index in [1.807, 2.05) is 12.1 Å². The highest BCUT2D eigenvalue weighted by Gasteiger charge is 2.21. The third-order valence-corrected chi connectivity index (χ3v) is 11.9. The first-order chi connectivity index (χ1) is 29.2. The number of fused-ring (bicyclic) bond motifs is 9. The summed E-state index contributed by atoms with van der Waals surface area (Å²) in [5, 5.41) is 9.21. The van der Waals surface area contributed by atoms with Crippen molar-refractivity contribution in [3.8, 4) is 33.4 Å². The van der Waals surface area contributed by atoms with E-state index in [9.17, 15) is 0 Å². The van der Waals surface area contributed by atoms with E-state index in [1.165, 1.54) is 27.5 Å². The molecular weight excluding hydrogens is 719 g/mol. The zero-order valence-corrected chi connectivity index (χ0v) is 32.0. The van der Waals surface area contributed by atoms with Crippen molar-refractivity contribution in [2.75, 3.05) is 4.90 Å². The standard InChI is InChI=1S/C56H35NO2/c1-3-15-45-38(10-1)12-8-18-46(45)42-14-7-13-40(34-42)36-22-28-43(29-23-36)57(51-19-9-21-54-55(51)49-32-26-39-11-2-4-16-47(39)56(49)59-54)44-30-24-37(25-31-44)41-27-33-53-50(35-41)48-17-5-6-20-52(48)58-53/h1-35H. The maximum atomic E-state index is 6.68. The van der Waals surface area contributed by atoms with Crippen LogP contribution in [-0.4, -0.2) is 0 Å². The Hall–Kier alpha value is -7.88. The van der Waals surface area contributed by atoms with E-state index in [1.54, 1.807) is 0 Å². The second kappa shape index (κ2) is 13.4. The fourth-order valence-corrected chi connectivity index (χ4v) is 9.00. The maximum absolute atomic E-state index is 6.68. The van der Waals surface area contributed by atoms with Crippen LogP contribution in [0.15, 0.2) is 221 Å². The molecule has 0 aliphatic carbocycles. The average molecular weight is 754 g/mol. The molecule has 12 aromatic rings. The van der Waals surface area contributed by atoms with Crippen LogP contribution in [-0.2, 0) is 0 Å². The first-order valence-electron chi connectivity index (χ1n) is 20.1. The predicted octanol–water partition coefficient (Wildman–Crippen LogP) is 16.3. The van der Waals surface area contributed by atoms with Gasteiger partial charge in [0.15, 0.2) is 0 Å². The van der Waals surface area contributed by atoms with Crippen LogP contribution in [0.4, 0.5) is 17.1 Å². The first kappa shape index (κ1) is 33.3. The summed E-state index contributed by atoms with van der Waals surface area (Å²) in [4.78, 5) is 2.36. The molecule has 0 fully saturated rings. The van der Waals surface area contributed by atoms with Gasteiger partial charge in [0.05, 0.1) is 11.1 Å². The van der Waals surface area contributed by atoms with E-state index in [4.69, 9.17) is 8.83 Å². The summed E-state index contributed by atoms with van der Waals surface area (Å²) in [6.07, 6.45) is 0. The molecule has 0 bridgehead atoms. The summed E-state index contributed by atoms with van der Waals surface area (Å²) in [5.41, 5.74) is 13.8. The van der Waals surface area contributed by atoms with Gasteiger partial charge in [-0.3, -0.25) is 0 Å². The highest BCUT2D eigenvalue weighted by atomic mass is 16.3. The Labute approximate surface area is 340 Å². The van der Waals surface area contributed by atoms with Crippen molar-refractivity contribution in [1.82, 2.24) is 0 Å². The van der Waals surface area contributed by atoms with Crippen LogP contribution in [0.5, 0.6) is 0 Å². The van der Waals surface area contributed by atoms with E-state index in [-0.39, 0.29) is 0 Å². The van der Waals surface area contributed by atoms with Crippen molar-refractivity contribution in [3.63, 3.8) is 0 Å². The molecule has 10 aromatic carbocycles. The van der Waals surface area contributed by atoms with Gasteiger partial charge in [0.25, 0.3) is 0 Å². The molecule has 0 spiro atoms. The summed E-state index contributed by atoms with van der Waals surface area (Å²) in [5.74, 6) is 0. The highest BCUT2D eigenvalue weighted by molar-refractivity contribution is 6.19. The summed E-state index contributed by atoms with van der Waals surface area (Å²) in [6, 6.07) is 75.8. The molecule has 3 nitrogen and oxygen atoms in total. The van der Waals surface area contributed by atoms with Gasteiger partial charge >= 0.3 is 0 Å². The number of hydrogen-bond acceptors (Lipinski definition) is 3. The third kappa shape index (κ3) is 5.51. The fourth-order valence-electron chi connectivity index (χ4n) is 9.00. The quantitative estimate of drug-likeness (QED) is 0.169. The van der Waals surface area contributed by atoms with Crippen LogP contribution in [0.3, 0.4) is 0 Å². The van der Waals surface area contributed by atoms with Crippen LogP contribution >= 0.6 is 0 Å². The second-order valence-corrected chi connectivity index (χ2v) is 15.3. The van der Waals surface area contributed by atoms with Gasteiger partial charge < -0.3 is 13.7 Å². The average Bonchev–Trinajstić information content (AvgIpc) is 3.88. The van der Waals surface area contributed by atoms with Gasteiger partial charge in [-0.1, -0.05) is 146 Å². The van der Waals surface area contributed by atoms with Crippen molar-refractivity contribution < 1.29 is 8.83 Å². The molecule has 0 saturated carbocycles. The van der Waals surface area contributed by atoms with E-state index >= 15 is 0 Å². The van der Waals surface area contributed by atoms with Crippen LogP contribution in [0.2, 0.25) is 0 Å². The molecule has 0 saturated heterocycles. The Morgan fingerprint density at radius 1 is 0.305 bits per heavy atom. The number of para-hydroxylation sites is 1. The third-order valence-electron chi connectivity index (χ3n) is 11.9. The van der Waals surface area contributed by atoms with E-state index in [0.29, 0.717) is 0 Å². The van der Waals surface area contributed by atoms with Gasteiger partial charge in [-0.25, -0.2) is 0 Å². The molecule has 276 valence electrons. The van der Waals surface area contributed by atoms with Gasteiger partial charge in [-0.2, -0.15) is 0 Å².